The monoisotopic (exact) mass is 307 g/mol. The summed E-state index contributed by atoms with van der Waals surface area (Å²) in [5.41, 5.74) is 3.46. The first-order valence-electron chi connectivity index (χ1n) is 8.14. The second-order valence-corrected chi connectivity index (χ2v) is 6.12. The minimum absolute atomic E-state index is 0.297. The van der Waals surface area contributed by atoms with Crippen molar-refractivity contribution in [2.75, 3.05) is 18.6 Å². The molecule has 1 atom stereocenters. The quantitative estimate of drug-likeness (QED) is 0.847. The van der Waals surface area contributed by atoms with Crippen LogP contribution >= 0.6 is 0 Å². The van der Waals surface area contributed by atoms with E-state index in [0.717, 1.165) is 30.7 Å². The molecule has 118 valence electrons. The van der Waals surface area contributed by atoms with Crippen molar-refractivity contribution in [2.45, 2.75) is 25.2 Å². The van der Waals surface area contributed by atoms with Crippen molar-refractivity contribution in [3.63, 3.8) is 0 Å². The molecule has 2 aliphatic heterocycles. The van der Waals surface area contributed by atoms with E-state index in [1.165, 1.54) is 11.3 Å². The smallest absolute Gasteiger partial charge is 0.161 e. The zero-order chi connectivity index (χ0) is 15.7. The zero-order valence-corrected chi connectivity index (χ0v) is 13.4. The van der Waals surface area contributed by atoms with Crippen LogP contribution in [0.4, 0.5) is 5.69 Å². The summed E-state index contributed by atoms with van der Waals surface area (Å²) in [6, 6.07) is 16.7. The van der Waals surface area contributed by atoms with Crippen LogP contribution < -0.4 is 9.64 Å². The van der Waals surface area contributed by atoms with E-state index in [1.807, 2.05) is 12.1 Å². The lowest BCUT2D eigenvalue weighted by atomic mass is 10.0. The maximum atomic E-state index is 6.30. The fourth-order valence-electron chi connectivity index (χ4n) is 3.55. The summed E-state index contributed by atoms with van der Waals surface area (Å²) in [5, 5.41) is 0. The van der Waals surface area contributed by atoms with Crippen molar-refractivity contribution in [3.8, 4) is 5.75 Å². The molecule has 0 radical (unpaired) electrons. The van der Waals surface area contributed by atoms with E-state index in [0.29, 0.717) is 6.61 Å². The highest BCUT2D eigenvalue weighted by Crippen LogP contribution is 2.42. The number of methoxy groups -OCH3 is 1. The molecular weight excluding hydrogens is 286 g/mol. The van der Waals surface area contributed by atoms with Crippen LogP contribution in [-0.2, 0) is 11.3 Å². The average Bonchev–Trinajstić information content (AvgIpc) is 3.05. The van der Waals surface area contributed by atoms with E-state index in [-0.39, 0.29) is 5.72 Å². The molecule has 0 saturated carbocycles. The highest BCUT2D eigenvalue weighted by molar-refractivity contribution is 5.61. The zero-order valence-electron chi connectivity index (χ0n) is 13.4. The van der Waals surface area contributed by atoms with Gasteiger partial charge in [-0.25, -0.2) is 0 Å². The van der Waals surface area contributed by atoms with Crippen LogP contribution in [0.15, 0.2) is 54.6 Å². The summed E-state index contributed by atoms with van der Waals surface area (Å²) in [4.78, 5) is 2.41. The number of rotatable bonds is 3. The normalized spacial score (nSPS) is 22.9. The van der Waals surface area contributed by atoms with Gasteiger partial charge in [0.1, 0.15) is 5.75 Å². The number of para-hydroxylation sites is 1. The number of hydrogen-bond donors (Lipinski definition) is 0. The van der Waals surface area contributed by atoms with E-state index < -0.39 is 0 Å². The second kappa shape index (κ2) is 5.74. The summed E-state index contributed by atoms with van der Waals surface area (Å²) in [7, 11) is 1.69. The molecule has 0 aromatic heterocycles. The summed E-state index contributed by atoms with van der Waals surface area (Å²) >= 11 is 0. The van der Waals surface area contributed by atoms with Gasteiger partial charge in [0.15, 0.2) is 5.72 Å². The molecule has 0 amide bonds. The van der Waals surface area contributed by atoms with Crippen LogP contribution in [0.25, 0.3) is 6.08 Å². The van der Waals surface area contributed by atoms with Crippen molar-refractivity contribution in [1.82, 2.24) is 0 Å². The van der Waals surface area contributed by atoms with Gasteiger partial charge in [0.05, 0.1) is 13.7 Å². The Morgan fingerprint density at radius 3 is 2.78 bits per heavy atom. The second-order valence-electron chi connectivity index (χ2n) is 6.12. The Morgan fingerprint density at radius 2 is 1.96 bits per heavy atom. The maximum absolute atomic E-state index is 6.30. The van der Waals surface area contributed by atoms with Crippen LogP contribution in [0.2, 0.25) is 0 Å². The molecule has 2 aliphatic rings. The molecule has 2 aromatic rings. The lowest BCUT2D eigenvalue weighted by molar-refractivity contribution is -0.0209. The highest BCUT2D eigenvalue weighted by atomic mass is 16.5. The van der Waals surface area contributed by atoms with Gasteiger partial charge in [0.25, 0.3) is 0 Å². The Balaban J connectivity index is 1.63. The molecule has 0 N–H and O–H groups in total. The van der Waals surface area contributed by atoms with Gasteiger partial charge >= 0.3 is 0 Å². The molecule has 3 heteroatoms. The van der Waals surface area contributed by atoms with Crippen molar-refractivity contribution < 1.29 is 9.47 Å². The van der Waals surface area contributed by atoms with Crippen LogP contribution in [0.5, 0.6) is 5.75 Å². The Kier molecular flexibility index (Phi) is 3.58. The highest BCUT2D eigenvalue weighted by Gasteiger charge is 2.43. The van der Waals surface area contributed by atoms with Gasteiger partial charge in [-0.05, 0) is 36.3 Å². The lowest BCUT2D eigenvalue weighted by Crippen LogP contribution is -2.47. The third-order valence-electron chi connectivity index (χ3n) is 4.79. The predicted octanol–water partition coefficient (Wildman–Crippen LogP) is 4.24. The Bertz CT molecular complexity index is 723. The molecule has 1 saturated heterocycles. The van der Waals surface area contributed by atoms with E-state index in [9.17, 15) is 0 Å². The summed E-state index contributed by atoms with van der Waals surface area (Å²) in [6.45, 7) is 1.73. The van der Waals surface area contributed by atoms with E-state index >= 15 is 0 Å². The fraction of sp³-hybridized carbons (Fsp3) is 0.300. The maximum Gasteiger partial charge on any atom is 0.161 e. The standard InChI is InChI=1S/C20H21NO2/c1-22-18-9-7-16(8-10-18)11-13-20-12-4-14-21(20)19-6-3-2-5-17(19)15-23-20/h2-3,5-11,13H,4,12,14-15H2,1H3/b13-11+. The minimum atomic E-state index is -0.297. The first kappa shape index (κ1) is 14.3. The largest absolute Gasteiger partial charge is 0.497 e. The number of fused-ring (bicyclic) bond motifs is 3. The molecule has 2 aromatic carbocycles. The number of nitrogens with zero attached hydrogens (tertiary/aromatic N) is 1. The first-order chi connectivity index (χ1) is 11.3. The molecule has 0 aliphatic carbocycles. The predicted molar refractivity (Wildman–Crippen MR) is 92.6 cm³/mol. The minimum Gasteiger partial charge on any atom is -0.497 e. The van der Waals surface area contributed by atoms with E-state index in [1.54, 1.807) is 7.11 Å². The van der Waals surface area contributed by atoms with Crippen molar-refractivity contribution in [2.24, 2.45) is 0 Å². The molecule has 1 fully saturated rings. The van der Waals surface area contributed by atoms with Crippen LogP contribution in [-0.4, -0.2) is 19.4 Å². The summed E-state index contributed by atoms with van der Waals surface area (Å²) < 4.78 is 11.5. The van der Waals surface area contributed by atoms with Gasteiger partial charge < -0.3 is 14.4 Å². The number of benzene rings is 2. The van der Waals surface area contributed by atoms with Crippen LogP contribution in [0.3, 0.4) is 0 Å². The molecule has 3 nitrogen and oxygen atoms in total. The van der Waals surface area contributed by atoms with Crippen molar-refractivity contribution in [1.29, 1.82) is 0 Å². The van der Waals surface area contributed by atoms with E-state index in [2.05, 4.69) is 53.5 Å². The molecular formula is C20H21NO2. The fourth-order valence-corrected chi connectivity index (χ4v) is 3.55. The van der Waals surface area contributed by atoms with Gasteiger partial charge in [0, 0.05) is 24.2 Å². The van der Waals surface area contributed by atoms with Crippen molar-refractivity contribution >= 4 is 11.8 Å². The Hall–Kier alpha value is -2.26. The third-order valence-corrected chi connectivity index (χ3v) is 4.79. The van der Waals surface area contributed by atoms with Gasteiger partial charge in [0.2, 0.25) is 0 Å². The Morgan fingerprint density at radius 1 is 1.13 bits per heavy atom. The van der Waals surface area contributed by atoms with Crippen molar-refractivity contribution in [3.05, 3.63) is 65.7 Å². The number of anilines is 1. The molecule has 23 heavy (non-hydrogen) atoms. The van der Waals surface area contributed by atoms with E-state index in [4.69, 9.17) is 9.47 Å². The van der Waals surface area contributed by atoms with Gasteiger partial charge in [-0.3, -0.25) is 0 Å². The summed E-state index contributed by atoms with van der Waals surface area (Å²) in [5.74, 6) is 0.880. The molecule has 0 bridgehead atoms. The first-order valence-corrected chi connectivity index (χ1v) is 8.14. The average molecular weight is 307 g/mol. The Labute approximate surface area is 137 Å². The van der Waals surface area contributed by atoms with Gasteiger partial charge in [-0.2, -0.15) is 0 Å². The molecule has 0 spiro atoms. The molecule has 2 heterocycles. The SMILES string of the molecule is COc1ccc(/C=C/C23CCCN2c2ccccc2CO3)cc1. The topological polar surface area (TPSA) is 21.7 Å². The third kappa shape index (κ3) is 2.51. The molecule has 4 rings (SSSR count). The van der Waals surface area contributed by atoms with Crippen LogP contribution in [0.1, 0.15) is 24.0 Å². The van der Waals surface area contributed by atoms with Crippen LogP contribution in [0, 0.1) is 0 Å². The number of ether oxygens (including phenoxy) is 2. The molecule has 1 unspecified atom stereocenters. The van der Waals surface area contributed by atoms with Gasteiger partial charge in [-0.15, -0.1) is 0 Å². The lowest BCUT2D eigenvalue weighted by Gasteiger charge is -2.42. The summed E-state index contributed by atoms with van der Waals surface area (Å²) in [6.07, 6.45) is 6.57. The number of hydrogen-bond acceptors (Lipinski definition) is 3. The van der Waals surface area contributed by atoms with Gasteiger partial charge in [-0.1, -0.05) is 36.4 Å².